The van der Waals surface area contributed by atoms with Gasteiger partial charge in [-0.3, -0.25) is 0 Å². The highest BCUT2D eigenvalue weighted by molar-refractivity contribution is 5.54. The average molecular weight is 262 g/mol. The van der Waals surface area contributed by atoms with E-state index in [9.17, 15) is 0 Å². The Morgan fingerprint density at radius 1 is 1.37 bits per heavy atom. The van der Waals surface area contributed by atoms with Crippen LogP contribution in [0.15, 0.2) is 18.2 Å². The van der Waals surface area contributed by atoms with Crippen LogP contribution in [-0.2, 0) is 11.3 Å². The van der Waals surface area contributed by atoms with Crippen molar-refractivity contribution in [1.82, 2.24) is 5.32 Å². The summed E-state index contributed by atoms with van der Waals surface area (Å²) in [6.07, 6.45) is 2.67. The molecule has 1 N–H and O–H groups in total. The van der Waals surface area contributed by atoms with E-state index in [1.807, 2.05) is 6.92 Å². The van der Waals surface area contributed by atoms with Gasteiger partial charge in [0.15, 0.2) is 0 Å². The molecule has 3 heteroatoms. The number of likely N-dealkylation sites (N-methyl/N-ethyl adjacent to an activating group) is 1. The van der Waals surface area contributed by atoms with Crippen molar-refractivity contribution in [3.8, 4) is 0 Å². The number of ether oxygens (including phenoxy) is 1. The fraction of sp³-hybridized carbons (Fsp3) is 0.625. The third-order valence-electron chi connectivity index (χ3n) is 3.58. The highest BCUT2D eigenvalue weighted by Gasteiger charge is 2.20. The lowest BCUT2D eigenvalue weighted by atomic mass is 10.1. The molecule has 0 atom stereocenters. The molecule has 0 aromatic heterocycles. The molecule has 1 aromatic carbocycles. The highest BCUT2D eigenvalue weighted by atomic mass is 16.5. The molecular weight excluding hydrogens is 236 g/mol. The minimum absolute atomic E-state index is 0.752. The molecule has 1 aliphatic carbocycles. The highest BCUT2D eigenvalue weighted by Crippen LogP contribution is 2.24. The maximum atomic E-state index is 5.44. The fourth-order valence-electron chi connectivity index (χ4n) is 2.24. The van der Waals surface area contributed by atoms with Crippen molar-refractivity contribution in [2.24, 2.45) is 0 Å². The molecule has 0 amide bonds. The lowest BCUT2D eigenvalue weighted by molar-refractivity contribution is 0.154. The van der Waals surface area contributed by atoms with Crippen molar-refractivity contribution in [3.05, 3.63) is 29.3 Å². The Balaban J connectivity index is 1.99. The molecule has 19 heavy (non-hydrogen) atoms. The van der Waals surface area contributed by atoms with Crippen LogP contribution in [0.25, 0.3) is 0 Å². The second-order valence-corrected chi connectivity index (χ2v) is 5.41. The van der Waals surface area contributed by atoms with Gasteiger partial charge in [-0.05, 0) is 38.3 Å². The van der Waals surface area contributed by atoms with E-state index in [0.717, 1.165) is 32.3 Å². The maximum absolute atomic E-state index is 5.44. The molecule has 0 heterocycles. The third kappa shape index (κ3) is 4.51. The minimum Gasteiger partial charge on any atom is -0.380 e. The van der Waals surface area contributed by atoms with Crippen LogP contribution in [0.4, 0.5) is 5.69 Å². The molecule has 0 saturated heterocycles. The summed E-state index contributed by atoms with van der Waals surface area (Å²) >= 11 is 0. The number of nitrogens with zero attached hydrogens (tertiary/aromatic N) is 1. The van der Waals surface area contributed by atoms with Gasteiger partial charge in [0, 0.05) is 38.5 Å². The average Bonchev–Trinajstić information content (AvgIpc) is 3.20. The molecule has 0 unspecified atom stereocenters. The Kier molecular flexibility index (Phi) is 5.23. The molecule has 1 fully saturated rings. The Morgan fingerprint density at radius 3 is 2.84 bits per heavy atom. The maximum Gasteiger partial charge on any atom is 0.0641 e. The first-order valence-electron chi connectivity index (χ1n) is 7.32. The molecule has 0 spiro atoms. The van der Waals surface area contributed by atoms with Gasteiger partial charge in [0.25, 0.3) is 0 Å². The summed E-state index contributed by atoms with van der Waals surface area (Å²) < 4.78 is 5.44. The lowest BCUT2D eigenvalue weighted by Gasteiger charge is -2.23. The molecule has 0 radical (unpaired) electrons. The predicted molar refractivity (Wildman–Crippen MR) is 80.8 cm³/mol. The predicted octanol–water partition coefficient (Wildman–Crippen LogP) is 2.72. The van der Waals surface area contributed by atoms with Crippen molar-refractivity contribution < 1.29 is 4.74 Å². The summed E-state index contributed by atoms with van der Waals surface area (Å²) in [5.41, 5.74) is 4.04. The van der Waals surface area contributed by atoms with Crippen LogP contribution in [0.5, 0.6) is 0 Å². The van der Waals surface area contributed by atoms with Crippen LogP contribution >= 0.6 is 0 Å². The SMILES string of the molecule is CCOCCN(C)c1ccc(C)cc1CNC1CC1. The van der Waals surface area contributed by atoms with E-state index in [1.165, 1.54) is 29.7 Å². The fourth-order valence-corrected chi connectivity index (χ4v) is 2.24. The van der Waals surface area contributed by atoms with E-state index in [1.54, 1.807) is 0 Å². The Labute approximate surface area is 116 Å². The quantitative estimate of drug-likeness (QED) is 0.729. The van der Waals surface area contributed by atoms with Crippen molar-refractivity contribution in [3.63, 3.8) is 0 Å². The molecule has 2 rings (SSSR count). The summed E-state index contributed by atoms with van der Waals surface area (Å²) in [4.78, 5) is 2.29. The van der Waals surface area contributed by atoms with Gasteiger partial charge in [-0.25, -0.2) is 0 Å². The van der Waals surface area contributed by atoms with Crippen LogP contribution < -0.4 is 10.2 Å². The van der Waals surface area contributed by atoms with Gasteiger partial charge in [-0.2, -0.15) is 0 Å². The molecule has 1 aliphatic rings. The molecule has 0 aliphatic heterocycles. The number of benzene rings is 1. The molecule has 0 bridgehead atoms. The Hall–Kier alpha value is -1.06. The molecule has 1 saturated carbocycles. The zero-order valence-electron chi connectivity index (χ0n) is 12.4. The summed E-state index contributed by atoms with van der Waals surface area (Å²) in [5.74, 6) is 0. The molecular formula is C16H26N2O. The zero-order valence-corrected chi connectivity index (χ0v) is 12.4. The van der Waals surface area contributed by atoms with Gasteiger partial charge < -0.3 is 15.0 Å². The summed E-state index contributed by atoms with van der Waals surface area (Å²) in [5, 5.41) is 3.60. The second-order valence-electron chi connectivity index (χ2n) is 5.41. The van der Waals surface area contributed by atoms with Gasteiger partial charge in [0.05, 0.1) is 6.61 Å². The molecule has 3 nitrogen and oxygen atoms in total. The largest absolute Gasteiger partial charge is 0.380 e. The number of anilines is 1. The zero-order chi connectivity index (χ0) is 13.7. The van der Waals surface area contributed by atoms with Gasteiger partial charge in [0.1, 0.15) is 0 Å². The van der Waals surface area contributed by atoms with Crippen LogP contribution in [0.2, 0.25) is 0 Å². The van der Waals surface area contributed by atoms with Crippen molar-refractivity contribution in [1.29, 1.82) is 0 Å². The number of nitrogens with one attached hydrogen (secondary N) is 1. The summed E-state index contributed by atoms with van der Waals surface area (Å²) in [7, 11) is 2.14. The third-order valence-corrected chi connectivity index (χ3v) is 3.58. The summed E-state index contributed by atoms with van der Waals surface area (Å²) in [6.45, 7) is 7.68. The van der Waals surface area contributed by atoms with E-state index in [2.05, 4.69) is 42.4 Å². The first-order chi connectivity index (χ1) is 9.20. The van der Waals surface area contributed by atoms with Gasteiger partial charge in [0.2, 0.25) is 0 Å². The number of rotatable bonds is 8. The Morgan fingerprint density at radius 2 is 2.16 bits per heavy atom. The van der Waals surface area contributed by atoms with Gasteiger partial charge in [-0.1, -0.05) is 17.7 Å². The topological polar surface area (TPSA) is 24.5 Å². The van der Waals surface area contributed by atoms with Crippen LogP contribution in [0.3, 0.4) is 0 Å². The first-order valence-corrected chi connectivity index (χ1v) is 7.32. The smallest absolute Gasteiger partial charge is 0.0641 e. The van der Waals surface area contributed by atoms with E-state index >= 15 is 0 Å². The number of hydrogen-bond donors (Lipinski definition) is 1. The number of aryl methyl sites for hydroxylation is 1. The van der Waals surface area contributed by atoms with Crippen molar-refractivity contribution in [2.75, 3.05) is 31.7 Å². The normalized spacial score (nSPS) is 14.7. The lowest BCUT2D eigenvalue weighted by Crippen LogP contribution is -2.25. The molecule has 106 valence electrons. The minimum atomic E-state index is 0.752. The van der Waals surface area contributed by atoms with Crippen molar-refractivity contribution >= 4 is 5.69 Å². The molecule has 1 aromatic rings. The Bertz CT molecular complexity index is 402. The van der Waals surface area contributed by atoms with Gasteiger partial charge >= 0.3 is 0 Å². The van der Waals surface area contributed by atoms with E-state index in [4.69, 9.17) is 4.74 Å². The monoisotopic (exact) mass is 262 g/mol. The van der Waals surface area contributed by atoms with Crippen LogP contribution in [0, 0.1) is 6.92 Å². The first kappa shape index (κ1) is 14.4. The van der Waals surface area contributed by atoms with E-state index < -0.39 is 0 Å². The van der Waals surface area contributed by atoms with Gasteiger partial charge in [-0.15, -0.1) is 0 Å². The van der Waals surface area contributed by atoms with Crippen molar-refractivity contribution in [2.45, 2.75) is 39.3 Å². The van der Waals surface area contributed by atoms with E-state index in [0.29, 0.717) is 0 Å². The number of hydrogen-bond acceptors (Lipinski definition) is 3. The summed E-state index contributed by atoms with van der Waals surface area (Å²) in [6, 6.07) is 7.46. The van der Waals surface area contributed by atoms with Crippen LogP contribution in [-0.4, -0.2) is 32.8 Å². The van der Waals surface area contributed by atoms with Crippen LogP contribution in [0.1, 0.15) is 30.9 Å². The standard InChI is InChI=1S/C16H26N2O/c1-4-19-10-9-18(3)16-8-5-13(2)11-14(16)12-17-15-6-7-15/h5,8,11,15,17H,4,6-7,9-10,12H2,1-3H3. The second kappa shape index (κ2) is 6.92. The van der Waals surface area contributed by atoms with E-state index in [-0.39, 0.29) is 0 Å².